The highest BCUT2D eigenvalue weighted by Crippen LogP contribution is 2.31. The fourth-order valence-electron chi connectivity index (χ4n) is 2.73. The molecule has 1 aliphatic heterocycles. The van der Waals surface area contributed by atoms with Gasteiger partial charge in [0.25, 0.3) is 0 Å². The van der Waals surface area contributed by atoms with Crippen LogP contribution in [0.3, 0.4) is 0 Å². The van der Waals surface area contributed by atoms with Crippen LogP contribution in [0, 0.1) is 11.8 Å². The van der Waals surface area contributed by atoms with Crippen LogP contribution >= 0.6 is 12.2 Å². The zero-order chi connectivity index (χ0) is 17.7. The van der Waals surface area contributed by atoms with Crippen molar-refractivity contribution in [2.45, 2.75) is 45.8 Å². The Labute approximate surface area is 149 Å². The summed E-state index contributed by atoms with van der Waals surface area (Å²) in [5.74, 6) is 0.265. The van der Waals surface area contributed by atoms with Gasteiger partial charge in [0.05, 0.1) is 18.6 Å². The molecule has 3 rings (SSSR count). The summed E-state index contributed by atoms with van der Waals surface area (Å²) in [6.07, 6.45) is 1.12. The molecule has 0 spiro atoms. The van der Waals surface area contributed by atoms with E-state index in [2.05, 4.69) is 19.1 Å². The summed E-state index contributed by atoms with van der Waals surface area (Å²) in [5, 5.41) is 0. The van der Waals surface area contributed by atoms with Crippen molar-refractivity contribution in [2.75, 3.05) is 13.2 Å². The molecule has 0 amide bonds. The number of carbonyl (C=O) groups excluding carboxylic acids is 1. The lowest BCUT2D eigenvalue weighted by Crippen LogP contribution is -2.29. The third-order valence-corrected chi connectivity index (χ3v) is 4.91. The molecule has 24 heavy (non-hydrogen) atoms. The molecule has 0 bridgehead atoms. The predicted octanol–water partition coefficient (Wildman–Crippen LogP) is 4.32. The van der Waals surface area contributed by atoms with Gasteiger partial charge in [-0.1, -0.05) is 49.5 Å². The van der Waals surface area contributed by atoms with Gasteiger partial charge in [0, 0.05) is 12.5 Å². The van der Waals surface area contributed by atoms with Gasteiger partial charge in [-0.15, -0.1) is 0 Å². The Bertz CT molecular complexity index is 562. The Hall–Kier alpha value is -1.49. The minimum atomic E-state index is -0.957. The van der Waals surface area contributed by atoms with Crippen LogP contribution in [-0.4, -0.2) is 35.2 Å². The first kappa shape index (κ1) is 18.8. The molecule has 2 unspecified atom stereocenters. The highest BCUT2D eigenvalue weighted by Gasteiger charge is 2.37. The van der Waals surface area contributed by atoms with Crippen molar-refractivity contribution in [1.82, 2.24) is 4.90 Å². The quantitative estimate of drug-likeness (QED) is 0.597. The van der Waals surface area contributed by atoms with Crippen molar-refractivity contribution in [1.29, 1.82) is 0 Å². The summed E-state index contributed by atoms with van der Waals surface area (Å²) in [7, 11) is 0. The zero-order valence-corrected chi connectivity index (χ0v) is 15.4. The van der Waals surface area contributed by atoms with E-state index in [-0.39, 0.29) is 23.8 Å². The number of benzene rings is 1. The number of carbonyl (C=O) groups is 1. The van der Waals surface area contributed by atoms with Crippen molar-refractivity contribution in [3.63, 3.8) is 0 Å². The molecule has 1 aromatic rings. The van der Waals surface area contributed by atoms with Gasteiger partial charge in [-0.25, -0.2) is 4.39 Å². The van der Waals surface area contributed by atoms with E-state index >= 15 is 0 Å². The molecular formula is C19H26FNO2S. The number of hydrogen-bond acceptors (Lipinski definition) is 3. The smallest absolute Gasteiger partial charge is 0.308 e. The van der Waals surface area contributed by atoms with E-state index in [1.54, 1.807) is 0 Å². The normalized spacial score (nSPS) is 24.2. The van der Waals surface area contributed by atoms with E-state index in [1.807, 2.05) is 36.9 Å². The minimum absolute atomic E-state index is 0.00694. The molecule has 0 aromatic heterocycles. The maximum absolute atomic E-state index is 13.7. The Balaban J connectivity index is 0.000000219. The van der Waals surface area contributed by atoms with E-state index in [0.717, 1.165) is 19.4 Å². The molecule has 1 saturated carbocycles. The molecule has 1 aliphatic carbocycles. The Morgan fingerprint density at radius 1 is 1.38 bits per heavy atom. The van der Waals surface area contributed by atoms with E-state index < -0.39 is 6.17 Å². The fourth-order valence-corrected chi connectivity index (χ4v) is 3.20. The molecule has 3 nitrogen and oxygen atoms in total. The maximum atomic E-state index is 13.7. The number of likely N-dealkylation sites (tertiary alicyclic amines) is 1. The lowest BCUT2D eigenvalue weighted by Gasteiger charge is -2.26. The second kappa shape index (κ2) is 8.56. The first-order valence-electron chi connectivity index (χ1n) is 8.61. The number of thiocarbonyl (C=S) groups is 1. The second-order valence-corrected chi connectivity index (χ2v) is 6.90. The van der Waals surface area contributed by atoms with Crippen LogP contribution in [0.5, 0.6) is 0 Å². The Kier molecular flexibility index (Phi) is 6.72. The molecule has 1 heterocycles. The number of alkyl halides is 1. The number of rotatable bonds is 4. The van der Waals surface area contributed by atoms with Crippen LogP contribution in [0.15, 0.2) is 30.3 Å². The zero-order valence-electron chi connectivity index (χ0n) is 14.6. The summed E-state index contributed by atoms with van der Waals surface area (Å²) in [4.78, 5) is 13.0. The highest BCUT2D eigenvalue weighted by atomic mass is 32.1. The van der Waals surface area contributed by atoms with E-state index in [0.29, 0.717) is 11.6 Å². The molecule has 0 N–H and O–H groups in total. The van der Waals surface area contributed by atoms with E-state index in [4.69, 9.17) is 17.0 Å². The van der Waals surface area contributed by atoms with Crippen molar-refractivity contribution in [3.05, 3.63) is 35.9 Å². The van der Waals surface area contributed by atoms with Crippen LogP contribution < -0.4 is 0 Å². The number of ether oxygens (including phenoxy) is 1. The van der Waals surface area contributed by atoms with E-state index in [9.17, 15) is 9.18 Å². The molecule has 132 valence electrons. The number of hydrogen-bond donors (Lipinski definition) is 0. The average Bonchev–Trinajstić information content (AvgIpc) is 3.41. The number of esters is 1. The summed E-state index contributed by atoms with van der Waals surface area (Å²) < 4.78 is 18.4. The molecule has 2 aliphatic rings. The summed E-state index contributed by atoms with van der Waals surface area (Å²) in [5.41, 5.74) is 1.19. The standard InChI is InChI=1S/C13H16FNS.C6H10O2/c1-9-8-15(13(16)12(9)14)10(2)11-6-4-3-5-7-11;1-2-8-6(7)5-3-4-5/h3-7,9-10,12H,8H2,1-2H3;5H,2-4H2,1H3/t9?,10-,12?;/m0./s1. The molecule has 3 atom stereocenters. The van der Waals surface area contributed by atoms with Crippen molar-refractivity contribution < 1.29 is 13.9 Å². The van der Waals surface area contributed by atoms with Gasteiger partial charge < -0.3 is 9.64 Å². The van der Waals surface area contributed by atoms with Crippen LogP contribution in [0.1, 0.15) is 45.2 Å². The molecular weight excluding hydrogens is 325 g/mol. The van der Waals surface area contributed by atoms with Gasteiger partial charge in [-0.3, -0.25) is 4.79 Å². The van der Waals surface area contributed by atoms with E-state index in [1.165, 1.54) is 5.56 Å². The molecule has 5 heteroatoms. The molecule has 2 fully saturated rings. The highest BCUT2D eigenvalue weighted by molar-refractivity contribution is 7.80. The molecule has 1 aromatic carbocycles. The first-order chi connectivity index (χ1) is 11.5. The summed E-state index contributed by atoms with van der Waals surface area (Å²) in [6.45, 7) is 7.06. The second-order valence-electron chi connectivity index (χ2n) is 6.48. The van der Waals surface area contributed by atoms with Crippen molar-refractivity contribution in [3.8, 4) is 0 Å². The van der Waals surface area contributed by atoms with Gasteiger partial charge in [0.15, 0.2) is 6.17 Å². The Morgan fingerprint density at radius 2 is 2.00 bits per heavy atom. The third kappa shape index (κ3) is 4.76. The Morgan fingerprint density at radius 3 is 2.46 bits per heavy atom. The van der Waals surface area contributed by atoms with Gasteiger partial charge in [0.1, 0.15) is 4.99 Å². The third-order valence-electron chi connectivity index (χ3n) is 4.45. The fraction of sp³-hybridized carbons (Fsp3) is 0.579. The van der Waals surface area contributed by atoms with Crippen molar-refractivity contribution >= 4 is 23.2 Å². The monoisotopic (exact) mass is 351 g/mol. The molecule has 0 radical (unpaired) electrons. The van der Waals surface area contributed by atoms with Crippen LogP contribution in [0.4, 0.5) is 4.39 Å². The minimum Gasteiger partial charge on any atom is -0.466 e. The summed E-state index contributed by atoms with van der Waals surface area (Å²) in [6, 6.07) is 10.3. The van der Waals surface area contributed by atoms with Crippen LogP contribution in [0.25, 0.3) is 0 Å². The number of nitrogens with zero attached hydrogens (tertiary/aromatic N) is 1. The van der Waals surface area contributed by atoms with Crippen molar-refractivity contribution in [2.24, 2.45) is 11.8 Å². The maximum Gasteiger partial charge on any atom is 0.308 e. The van der Waals surface area contributed by atoms with Crippen LogP contribution in [0.2, 0.25) is 0 Å². The van der Waals surface area contributed by atoms with Gasteiger partial charge in [-0.05, 0) is 32.3 Å². The topological polar surface area (TPSA) is 29.5 Å². The lowest BCUT2D eigenvalue weighted by atomic mass is 10.1. The van der Waals surface area contributed by atoms with Crippen LogP contribution in [-0.2, 0) is 9.53 Å². The van der Waals surface area contributed by atoms with Gasteiger partial charge in [-0.2, -0.15) is 0 Å². The first-order valence-corrected chi connectivity index (χ1v) is 9.02. The van der Waals surface area contributed by atoms with Gasteiger partial charge in [0.2, 0.25) is 0 Å². The molecule has 1 saturated heterocycles. The SMILES string of the molecule is CC1CN([C@@H](C)c2ccccc2)C(=S)C1F.CCOC(=O)C1CC1. The van der Waals surface area contributed by atoms with Gasteiger partial charge >= 0.3 is 5.97 Å². The number of halogens is 1. The largest absolute Gasteiger partial charge is 0.466 e. The lowest BCUT2D eigenvalue weighted by molar-refractivity contribution is -0.144. The average molecular weight is 351 g/mol. The summed E-state index contributed by atoms with van der Waals surface area (Å²) >= 11 is 5.17. The predicted molar refractivity (Wildman–Crippen MR) is 97.6 cm³/mol.